The second kappa shape index (κ2) is 9.09. The minimum absolute atomic E-state index is 0.0895. The molecule has 0 unspecified atom stereocenters. The predicted molar refractivity (Wildman–Crippen MR) is 98.9 cm³/mol. The lowest BCUT2D eigenvalue weighted by Gasteiger charge is -2.23. The number of aromatic nitrogens is 1. The van der Waals surface area contributed by atoms with E-state index < -0.39 is 4.92 Å². The van der Waals surface area contributed by atoms with Crippen LogP contribution in [-0.4, -0.2) is 59.5 Å². The van der Waals surface area contributed by atoms with E-state index in [9.17, 15) is 19.7 Å². The summed E-state index contributed by atoms with van der Waals surface area (Å²) >= 11 is 0. The molecule has 0 radical (unpaired) electrons. The Bertz CT molecular complexity index is 815. The zero-order valence-corrected chi connectivity index (χ0v) is 15.3. The van der Waals surface area contributed by atoms with Gasteiger partial charge in [0.05, 0.1) is 31.1 Å². The van der Waals surface area contributed by atoms with Crippen molar-refractivity contribution in [2.45, 2.75) is 12.8 Å². The lowest BCUT2D eigenvalue weighted by Crippen LogP contribution is -3.10. The van der Waals surface area contributed by atoms with Crippen LogP contribution in [0.1, 0.15) is 23.2 Å². The average Bonchev–Trinajstić information content (AvgIpc) is 3.38. The SMILES string of the molecule is O=C(CN(CC[NH+]1CCCC1)C(=O)c1ccc([N+](=O)[O-])cc1)Nc1ccon1. The smallest absolute Gasteiger partial charge is 0.269 e. The number of likely N-dealkylation sites (tertiary alicyclic amines) is 1. The fourth-order valence-electron chi connectivity index (χ4n) is 3.21. The molecule has 0 spiro atoms. The van der Waals surface area contributed by atoms with Gasteiger partial charge in [-0.15, -0.1) is 0 Å². The molecule has 1 aromatic carbocycles. The highest BCUT2D eigenvalue weighted by Gasteiger charge is 2.23. The summed E-state index contributed by atoms with van der Waals surface area (Å²) in [5, 5.41) is 17.0. The number of anilines is 1. The Morgan fingerprint density at radius 1 is 1.21 bits per heavy atom. The summed E-state index contributed by atoms with van der Waals surface area (Å²) < 4.78 is 4.68. The number of hydrogen-bond donors (Lipinski definition) is 2. The number of nitro benzene ring substituents is 1. The van der Waals surface area contributed by atoms with Crippen molar-refractivity contribution in [3.05, 3.63) is 52.3 Å². The van der Waals surface area contributed by atoms with Gasteiger partial charge in [0, 0.05) is 36.6 Å². The first kappa shape index (κ1) is 19.5. The Morgan fingerprint density at radius 2 is 1.93 bits per heavy atom. The lowest BCUT2D eigenvalue weighted by molar-refractivity contribution is -0.886. The van der Waals surface area contributed by atoms with E-state index in [-0.39, 0.29) is 29.9 Å². The average molecular weight is 388 g/mol. The van der Waals surface area contributed by atoms with Gasteiger partial charge in [0.15, 0.2) is 5.82 Å². The number of amides is 2. The maximum atomic E-state index is 12.9. The number of carbonyl (C=O) groups is 2. The lowest BCUT2D eigenvalue weighted by atomic mass is 10.1. The highest BCUT2D eigenvalue weighted by molar-refractivity contribution is 5.99. The van der Waals surface area contributed by atoms with Crippen LogP contribution in [0.15, 0.2) is 41.1 Å². The molecule has 148 valence electrons. The van der Waals surface area contributed by atoms with Crippen molar-refractivity contribution in [2.24, 2.45) is 0 Å². The zero-order chi connectivity index (χ0) is 19.9. The zero-order valence-electron chi connectivity index (χ0n) is 15.3. The van der Waals surface area contributed by atoms with E-state index in [1.165, 1.54) is 46.4 Å². The fraction of sp³-hybridized carbons (Fsp3) is 0.389. The molecule has 0 aliphatic carbocycles. The fourth-order valence-corrected chi connectivity index (χ4v) is 3.21. The van der Waals surface area contributed by atoms with Gasteiger partial charge in [-0.25, -0.2) is 0 Å². The van der Waals surface area contributed by atoms with Gasteiger partial charge in [-0.05, 0) is 12.1 Å². The third-order valence-corrected chi connectivity index (χ3v) is 4.70. The summed E-state index contributed by atoms with van der Waals surface area (Å²) in [6, 6.07) is 6.89. The standard InChI is InChI=1S/C18H21N5O5/c24-17(19-16-7-12-28-20-16)13-22(11-10-21-8-1-2-9-21)18(25)14-3-5-15(6-4-14)23(26)27/h3-7,12H,1-2,8-11,13H2,(H,19,20,24)/p+1. The Kier molecular flexibility index (Phi) is 6.33. The van der Waals surface area contributed by atoms with Gasteiger partial charge in [-0.1, -0.05) is 5.16 Å². The van der Waals surface area contributed by atoms with Gasteiger partial charge in [-0.3, -0.25) is 19.7 Å². The van der Waals surface area contributed by atoms with Crippen LogP contribution >= 0.6 is 0 Å². The van der Waals surface area contributed by atoms with E-state index in [0.717, 1.165) is 32.5 Å². The number of quaternary nitrogens is 1. The molecule has 28 heavy (non-hydrogen) atoms. The maximum Gasteiger partial charge on any atom is 0.269 e. The topological polar surface area (TPSA) is 123 Å². The van der Waals surface area contributed by atoms with Crippen LogP contribution in [0.4, 0.5) is 11.5 Å². The maximum absolute atomic E-state index is 12.9. The number of nitrogens with one attached hydrogen (secondary N) is 2. The molecule has 1 saturated heterocycles. The third-order valence-electron chi connectivity index (χ3n) is 4.70. The summed E-state index contributed by atoms with van der Waals surface area (Å²) in [5.41, 5.74) is 0.213. The molecule has 2 N–H and O–H groups in total. The van der Waals surface area contributed by atoms with Crippen molar-refractivity contribution >= 4 is 23.3 Å². The Balaban J connectivity index is 1.68. The number of nitro groups is 1. The largest absolute Gasteiger partial charge is 0.363 e. The number of benzene rings is 1. The quantitative estimate of drug-likeness (QED) is 0.497. The van der Waals surface area contributed by atoms with Crippen LogP contribution < -0.4 is 10.2 Å². The van der Waals surface area contributed by atoms with Crippen LogP contribution in [0.5, 0.6) is 0 Å². The van der Waals surface area contributed by atoms with Crippen LogP contribution in [0.3, 0.4) is 0 Å². The second-order valence-electron chi connectivity index (χ2n) is 6.67. The summed E-state index contributed by atoms with van der Waals surface area (Å²) in [6.07, 6.45) is 3.67. The molecular weight excluding hydrogens is 366 g/mol. The van der Waals surface area contributed by atoms with Gasteiger partial charge in [0.25, 0.3) is 11.6 Å². The van der Waals surface area contributed by atoms with Crippen molar-refractivity contribution < 1.29 is 23.9 Å². The Labute approximate surface area is 161 Å². The Morgan fingerprint density at radius 3 is 2.54 bits per heavy atom. The molecule has 0 saturated carbocycles. The number of carbonyl (C=O) groups excluding carboxylic acids is 2. The monoisotopic (exact) mass is 388 g/mol. The van der Waals surface area contributed by atoms with E-state index in [1.807, 2.05) is 0 Å². The van der Waals surface area contributed by atoms with E-state index >= 15 is 0 Å². The van der Waals surface area contributed by atoms with Crippen LogP contribution in [-0.2, 0) is 4.79 Å². The molecule has 1 aromatic heterocycles. The van der Waals surface area contributed by atoms with Crippen molar-refractivity contribution in [1.29, 1.82) is 0 Å². The van der Waals surface area contributed by atoms with E-state index in [4.69, 9.17) is 0 Å². The highest BCUT2D eigenvalue weighted by Crippen LogP contribution is 2.13. The molecule has 3 rings (SSSR count). The highest BCUT2D eigenvalue weighted by atomic mass is 16.6. The predicted octanol–water partition coefficient (Wildman–Crippen LogP) is 0.342. The minimum atomic E-state index is -0.520. The third kappa shape index (κ3) is 5.13. The van der Waals surface area contributed by atoms with Crippen molar-refractivity contribution in [3.8, 4) is 0 Å². The molecule has 10 heteroatoms. The number of rotatable bonds is 8. The molecule has 0 atom stereocenters. The molecule has 1 aliphatic heterocycles. The Hall–Kier alpha value is -3.27. The van der Waals surface area contributed by atoms with Crippen LogP contribution in [0.2, 0.25) is 0 Å². The van der Waals surface area contributed by atoms with Gasteiger partial charge >= 0.3 is 0 Å². The second-order valence-corrected chi connectivity index (χ2v) is 6.67. The normalized spacial score (nSPS) is 14.0. The molecule has 2 heterocycles. The molecule has 0 bridgehead atoms. The first-order chi connectivity index (χ1) is 13.5. The summed E-state index contributed by atoms with van der Waals surface area (Å²) in [6.45, 7) is 3.14. The van der Waals surface area contributed by atoms with Crippen molar-refractivity contribution in [1.82, 2.24) is 10.1 Å². The summed E-state index contributed by atoms with van der Waals surface area (Å²) in [5.74, 6) is -0.456. The van der Waals surface area contributed by atoms with Crippen LogP contribution in [0.25, 0.3) is 0 Å². The van der Waals surface area contributed by atoms with Crippen molar-refractivity contribution in [3.63, 3.8) is 0 Å². The molecule has 2 amide bonds. The molecule has 2 aromatic rings. The van der Waals surface area contributed by atoms with Crippen LogP contribution in [0, 0.1) is 10.1 Å². The first-order valence-electron chi connectivity index (χ1n) is 9.10. The summed E-state index contributed by atoms with van der Waals surface area (Å²) in [7, 11) is 0. The van der Waals surface area contributed by atoms with Gasteiger partial charge in [0.1, 0.15) is 12.8 Å². The van der Waals surface area contributed by atoms with E-state index in [0.29, 0.717) is 12.1 Å². The minimum Gasteiger partial charge on any atom is -0.363 e. The number of nitrogens with zero attached hydrogens (tertiary/aromatic N) is 3. The summed E-state index contributed by atoms with van der Waals surface area (Å²) in [4.78, 5) is 38.4. The van der Waals surface area contributed by atoms with E-state index in [2.05, 4.69) is 15.0 Å². The van der Waals surface area contributed by atoms with Crippen molar-refractivity contribution in [2.75, 3.05) is 38.0 Å². The molecule has 1 aliphatic rings. The van der Waals surface area contributed by atoms with Gasteiger partial charge in [0.2, 0.25) is 5.91 Å². The molecule has 1 fully saturated rings. The van der Waals surface area contributed by atoms with Gasteiger partial charge in [-0.2, -0.15) is 0 Å². The molecular formula is C18H22N5O5+. The van der Waals surface area contributed by atoms with E-state index in [1.54, 1.807) is 0 Å². The number of hydrogen-bond acceptors (Lipinski definition) is 6. The first-order valence-corrected chi connectivity index (χ1v) is 9.10. The molecule has 10 nitrogen and oxygen atoms in total. The van der Waals surface area contributed by atoms with Gasteiger partial charge < -0.3 is 19.6 Å². The number of non-ortho nitro benzene ring substituents is 1.